The van der Waals surface area contributed by atoms with Gasteiger partial charge in [-0.25, -0.2) is 9.69 Å². The van der Waals surface area contributed by atoms with Crippen molar-refractivity contribution in [3.8, 4) is 0 Å². The number of hydrogen-bond donors (Lipinski definition) is 0. The number of cyclic esters (lactones) is 1. The van der Waals surface area contributed by atoms with Gasteiger partial charge in [0.15, 0.2) is 0 Å². The number of unbranched alkanes of at least 4 members (excludes halogenated alkanes) is 1. The van der Waals surface area contributed by atoms with E-state index < -0.39 is 11.6 Å². The Morgan fingerprint density at radius 1 is 1.60 bits per heavy atom. The summed E-state index contributed by atoms with van der Waals surface area (Å²) >= 11 is 0. The summed E-state index contributed by atoms with van der Waals surface area (Å²) in [6.45, 7) is 5.91. The molecule has 0 spiro atoms. The van der Waals surface area contributed by atoms with E-state index in [0.29, 0.717) is 0 Å². The van der Waals surface area contributed by atoms with Crippen molar-refractivity contribution in [3.63, 3.8) is 0 Å². The number of nitrogens with zero attached hydrogens (tertiary/aromatic N) is 1. The number of imide groups is 1. The minimum atomic E-state index is -0.550. The summed E-state index contributed by atoms with van der Waals surface area (Å²) < 4.78 is 4.84. The van der Waals surface area contributed by atoms with Crippen LogP contribution in [-0.4, -0.2) is 29.0 Å². The molecule has 4 heteroatoms. The molecule has 0 saturated carbocycles. The number of ether oxygens (including phenoxy) is 1. The van der Waals surface area contributed by atoms with Gasteiger partial charge >= 0.3 is 6.09 Å². The Hall–Kier alpha value is -1.32. The number of allylic oxidation sites excluding steroid dienone is 1. The van der Waals surface area contributed by atoms with Crippen LogP contribution in [0.5, 0.6) is 0 Å². The maximum Gasteiger partial charge on any atom is 0.417 e. The van der Waals surface area contributed by atoms with Crippen LogP contribution in [0, 0.1) is 0 Å². The zero-order valence-corrected chi connectivity index (χ0v) is 9.45. The van der Waals surface area contributed by atoms with Crippen LogP contribution in [-0.2, 0) is 9.53 Å². The molecule has 0 radical (unpaired) electrons. The molecular weight excluding hydrogens is 194 g/mol. The van der Waals surface area contributed by atoms with Crippen molar-refractivity contribution in [3.05, 3.63) is 12.2 Å². The van der Waals surface area contributed by atoms with Gasteiger partial charge in [0.1, 0.15) is 6.61 Å². The second-order valence-electron chi connectivity index (χ2n) is 4.23. The largest absolute Gasteiger partial charge is 0.447 e. The Morgan fingerprint density at radius 2 is 2.27 bits per heavy atom. The van der Waals surface area contributed by atoms with Crippen LogP contribution in [0.15, 0.2) is 12.2 Å². The van der Waals surface area contributed by atoms with Crippen molar-refractivity contribution in [2.75, 3.05) is 6.61 Å². The summed E-state index contributed by atoms with van der Waals surface area (Å²) in [5, 5.41) is 0. The number of rotatable bonds is 3. The number of carbonyl (C=O) groups is 2. The molecule has 0 aromatic carbocycles. The summed E-state index contributed by atoms with van der Waals surface area (Å²) in [5.74, 6) is -0.295. The first-order valence-electron chi connectivity index (χ1n) is 5.16. The van der Waals surface area contributed by atoms with Gasteiger partial charge in [0.2, 0.25) is 0 Å². The molecule has 0 aliphatic carbocycles. The lowest BCUT2D eigenvalue weighted by molar-refractivity contribution is -0.125. The third-order valence-corrected chi connectivity index (χ3v) is 2.27. The van der Waals surface area contributed by atoms with Gasteiger partial charge in [-0.2, -0.15) is 0 Å². The van der Waals surface area contributed by atoms with Crippen LogP contribution >= 0.6 is 0 Å². The fourth-order valence-corrected chi connectivity index (χ4v) is 1.43. The van der Waals surface area contributed by atoms with Crippen LogP contribution in [0.25, 0.3) is 0 Å². The SMILES string of the molecule is CCC/C=C/C(=O)N1C(=O)OCC1(C)C. The Kier molecular flexibility index (Phi) is 3.50. The van der Waals surface area contributed by atoms with E-state index in [0.717, 1.165) is 12.8 Å². The van der Waals surface area contributed by atoms with E-state index in [1.165, 1.54) is 11.0 Å². The summed E-state index contributed by atoms with van der Waals surface area (Å²) in [6.07, 6.45) is 4.50. The van der Waals surface area contributed by atoms with Gasteiger partial charge in [-0.3, -0.25) is 4.79 Å². The average molecular weight is 211 g/mol. The van der Waals surface area contributed by atoms with Gasteiger partial charge in [0.25, 0.3) is 5.91 Å². The normalized spacial score (nSPS) is 19.7. The lowest BCUT2D eigenvalue weighted by Gasteiger charge is -2.24. The first-order chi connectivity index (χ1) is 6.99. The number of amides is 2. The first kappa shape index (κ1) is 11.8. The maximum absolute atomic E-state index is 11.7. The lowest BCUT2D eigenvalue weighted by Crippen LogP contribution is -2.45. The van der Waals surface area contributed by atoms with Crippen molar-refractivity contribution >= 4 is 12.0 Å². The van der Waals surface area contributed by atoms with Gasteiger partial charge in [0, 0.05) is 0 Å². The summed E-state index contributed by atoms with van der Waals surface area (Å²) in [7, 11) is 0. The Morgan fingerprint density at radius 3 is 2.73 bits per heavy atom. The van der Waals surface area contributed by atoms with Crippen molar-refractivity contribution in [1.29, 1.82) is 0 Å². The highest BCUT2D eigenvalue weighted by molar-refractivity contribution is 6.00. The molecule has 0 bridgehead atoms. The molecule has 0 atom stereocenters. The molecule has 1 rings (SSSR count). The van der Waals surface area contributed by atoms with Gasteiger partial charge < -0.3 is 4.74 Å². The molecule has 84 valence electrons. The average Bonchev–Trinajstić information content (AvgIpc) is 2.41. The zero-order valence-electron chi connectivity index (χ0n) is 9.45. The quantitative estimate of drug-likeness (QED) is 0.671. The highest BCUT2D eigenvalue weighted by Gasteiger charge is 2.43. The van der Waals surface area contributed by atoms with E-state index in [9.17, 15) is 9.59 Å². The van der Waals surface area contributed by atoms with Crippen molar-refractivity contribution in [2.24, 2.45) is 0 Å². The molecule has 0 unspecified atom stereocenters. The molecule has 0 aromatic rings. The standard InChI is InChI=1S/C11H17NO3/c1-4-5-6-7-9(13)12-10(14)15-8-11(12,2)3/h6-7H,4-5,8H2,1-3H3/b7-6+. The van der Waals surface area contributed by atoms with E-state index in [-0.39, 0.29) is 12.5 Å². The maximum atomic E-state index is 11.7. The smallest absolute Gasteiger partial charge is 0.417 e. The van der Waals surface area contributed by atoms with Crippen LogP contribution in [0.1, 0.15) is 33.6 Å². The van der Waals surface area contributed by atoms with Crippen molar-refractivity contribution in [2.45, 2.75) is 39.2 Å². The van der Waals surface area contributed by atoms with Crippen molar-refractivity contribution < 1.29 is 14.3 Å². The molecule has 2 amide bonds. The topological polar surface area (TPSA) is 46.6 Å². The lowest BCUT2D eigenvalue weighted by atomic mass is 10.1. The minimum absolute atomic E-state index is 0.263. The van der Waals surface area contributed by atoms with Gasteiger partial charge in [0.05, 0.1) is 5.54 Å². The fourth-order valence-electron chi connectivity index (χ4n) is 1.43. The summed E-state index contributed by atoms with van der Waals surface area (Å²) in [5.41, 5.74) is -0.537. The second kappa shape index (κ2) is 4.47. The third-order valence-electron chi connectivity index (χ3n) is 2.27. The molecule has 1 saturated heterocycles. The molecule has 1 fully saturated rings. The molecule has 1 aliphatic heterocycles. The van der Waals surface area contributed by atoms with E-state index in [1.807, 2.05) is 20.8 Å². The van der Waals surface area contributed by atoms with Gasteiger partial charge in [-0.1, -0.05) is 19.4 Å². The predicted octanol–water partition coefficient (Wildman–Crippen LogP) is 2.10. The van der Waals surface area contributed by atoms with E-state index >= 15 is 0 Å². The number of hydrogen-bond acceptors (Lipinski definition) is 3. The van der Waals surface area contributed by atoms with E-state index in [2.05, 4.69) is 0 Å². The van der Waals surface area contributed by atoms with Crippen LogP contribution in [0.3, 0.4) is 0 Å². The van der Waals surface area contributed by atoms with E-state index in [1.54, 1.807) is 6.08 Å². The predicted molar refractivity (Wildman–Crippen MR) is 56.3 cm³/mol. The summed E-state index contributed by atoms with van der Waals surface area (Å²) in [6, 6.07) is 0. The fraction of sp³-hybridized carbons (Fsp3) is 0.636. The first-order valence-corrected chi connectivity index (χ1v) is 5.16. The molecule has 0 aromatic heterocycles. The Labute approximate surface area is 89.9 Å². The molecule has 4 nitrogen and oxygen atoms in total. The van der Waals surface area contributed by atoms with E-state index in [4.69, 9.17) is 4.74 Å². The highest BCUT2D eigenvalue weighted by atomic mass is 16.6. The molecular formula is C11H17NO3. The molecule has 15 heavy (non-hydrogen) atoms. The van der Waals surface area contributed by atoms with Crippen LogP contribution in [0.2, 0.25) is 0 Å². The Balaban J connectivity index is 2.69. The Bertz CT molecular complexity index is 294. The molecule has 0 N–H and O–H groups in total. The second-order valence-corrected chi connectivity index (χ2v) is 4.23. The monoisotopic (exact) mass is 211 g/mol. The van der Waals surface area contributed by atoms with Gasteiger partial charge in [-0.15, -0.1) is 0 Å². The number of carbonyl (C=O) groups excluding carboxylic acids is 2. The highest BCUT2D eigenvalue weighted by Crippen LogP contribution is 2.23. The minimum Gasteiger partial charge on any atom is -0.447 e. The zero-order chi connectivity index (χ0) is 11.5. The molecule has 1 heterocycles. The third kappa shape index (κ3) is 2.58. The van der Waals surface area contributed by atoms with Crippen LogP contribution < -0.4 is 0 Å². The van der Waals surface area contributed by atoms with Crippen LogP contribution in [0.4, 0.5) is 4.79 Å². The molecule has 1 aliphatic rings. The summed E-state index contributed by atoms with van der Waals surface area (Å²) in [4.78, 5) is 24.2. The van der Waals surface area contributed by atoms with Gasteiger partial charge in [-0.05, 0) is 26.3 Å². The van der Waals surface area contributed by atoms with Crippen molar-refractivity contribution in [1.82, 2.24) is 4.90 Å².